The van der Waals surface area contributed by atoms with E-state index < -0.39 is 0 Å². The molecule has 2 aromatic rings. The summed E-state index contributed by atoms with van der Waals surface area (Å²) in [5.41, 5.74) is 7.55. The Morgan fingerprint density at radius 3 is 2.33 bits per heavy atom. The summed E-state index contributed by atoms with van der Waals surface area (Å²) in [5, 5.41) is 0. The van der Waals surface area contributed by atoms with Crippen LogP contribution in [0.2, 0.25) is 0 Å². The van der Waals surface area contributed by atoms with E-state index in [2.05, 4.69) is 0 Å². The number of carbonyl (C=O) groups is 1. The molecule has 0 aromatic heterocycles. The number of rotatable bonds is 5. The molecule has 110 valence electrons. The first kappa shape index (κ1) is 15.4. The van der Waals surface area contributed by atoms with Crippen LogP contribution in [0.1, 0.15) is 13.8 Å². The molecule has 0 aliphatic rings. The second kappa shape index (κ2) is 7.18. The molecule has 0 radical (unpaired) electrons. The topological polar surface area (TPSA) is 46.3 Å². The molecule has 21 heavy (non-hydrogen) atoms. The fourth-order valence-electron chi connectivity index (χ4n) is 2.14. The SMILES string of the molecule is CC(C)N(C(=O)CSc1ccccc1N)c1ccccc1. The quantitative estimate of drug-likeness (QED) is 0.675. The summed E-state index contributed by atoms with van der Waals surface area (Å²) in [5.74, 6) is 0.464. The number of carbonyl (C=O) groups excluding carboxylic acids is 1. The Hall–Kier alpha value is -1.94. The Morgan fingerprint density at radius 2 is 1.71 bits per heavy atom. The van der Waals surface area contributed by atoms with E-state index in [1.807, 2.05) is 73.3 Å². The highest BCUT2D eigenvalue weighted by atomic mass is 32.2. The number of benzene rings is 2. The van der Waals surface area contributed by atoms with Crippen molar-refractivity contribution in [2.75, 3.05) is 16.4 Å². The van der Waals surface area contributed by atoms with Crippen LogP contribution in [0.25, 0.3) is 0 Å². The molecular formula is C17H20N2OS. The van der Waals surface area contributed by atoms with Gasteiger partial charge in [-0.05, 0) is 38.1 Å². The summed E-state index contributed by atoms with van der Waals surface area (Å²) < 4.78 is 0. The largest absolute Gasteiger partial charge is 0.398 e. The van der Waals surface area contributed by atoms with Crippen molar-refractivity contribution in [1.29, 1.82) is 0 Å². The van der Waals surface area contributed by atoms with E-state index in [9.17, 15) is 4.79 Å². The van der Waals surface area contributed by atoms with Crippen LogP contribution in [-0.2, 0) is 4.79 Å². The summed E-state index contributed by atoms with van der Waals surface area (Å²) >= 11 is 1.48. The predicted octanol–water partition coefficient (Wildman–Crippen LogP) is 3.80. The maximum Gasteiger partial charge on any atom is 0.237 e. The Bertz CT molecular complexity index is 599. The average molecular weight is 300 g/mol. The number of nitrogen functional groups attached to an aromatic ring is 1. The molecule has 0 bridgehead atoms. The minimum Gasteiger partial charge on any atom is -0.398 e. The highest BCUT2D eigenvalue weighted by Gasteiger charge is 2.19. The number of nitrogens with zero attached hydrogens (tertiary/aromatic N) is 1. The molecule has 2 rings (SSSR count). The molecule has 0 heterocycles. The van der Waals surface area contributed by atoms with Gasteiger partial charge in [-0.1, -0.05) is 30.3 Å². The van der Waals surface area contributed by atoms with Crippen LogP contribution in [0.4, 0.5) is 11.4 Å². The standard InChI is InChI=1S/C17H20N2OS/c1-13(2)19(14-8-4-3-5-9-14)17(20)12-21-16-11-7-6-10-15(16)18/h3-11,13H,12,18H2,1-2H3. The highest BCUT2D eigenvalue weighted by molar-refractivity contribution is 8.00. The maximum absolute atomic E-state index is 12.5. The van der Waals surface area contributed by atoms with Crippen molar-refractivity contribution in [3.8, 4) is 0 Å². The normalized spacial score (nSPS) is 10.6. The van der Waals surface area contributed by atoms with Crippen molar-refractivity contribution < 1.29 is 4.79 Å². The molecule has 0 saturated carbocycles. The minimum absolute atomic E-state index is 0.0875. The van der Waals surface area contributed by atoms with Crippen LogP contribution in [0.5, 0.6) is 0 Å². The fourth-order valence-corrected chi connectivity index (χ4v) is 2.97. The zero-order valence-electron chi connectivity index (χ0n) is 12.3. The van der Waals surface area contributed by atoms with Crippen LogP contribution in [0.3, 0.4) is 0 Å². The molecule has 0 aliphatic carbocycles. The monoisotopic (exact) mass is 300 g/mol. The van der Waals surface area contributed by atoms with Gasteiger partial charge in [-0.25, -0.2) is 0 Å². The van der Waals surface area contributed by atoms with Gasteiger partial charge in [0, 0.05) is 22.3 Å². The number of amides is 1. The van der Waals surface area contributed by atoms with Gasteiger partial charge >= 0.3 is 0 Å². The smallest absolute Gasteiger partial charge is 0.237 e. The lowest BCUT2D eigenvalue weighted by atomic mass is 10.2. The van der Waals surface area contributed by atoms with Gasteiger partial charge in [-0.2, -0.15) is 0 Å². The van der Waals surface area contributed by atoms with E-state index in [1.165, 1.54) is 11.8 Å². The first-order valence-corrected chi connectivity index (χ1v) is 7.92. The number of hydrogen-bond acceptors (Lipinski definition) is 3. The van der Waals surface area contributed by atoms with Crippen molar-refractivity contribution in [3.05, 3.63) is 54.6 Å². The van der Waals surface area contributed by atoms with Crippen molar-refractivity contribution in [1.82, 2.24) is 0 Å². The maximum atomic E-state index is 12.5. The summed E-state index contributed by atoms with van der Waals surface area (Å²) in [6.45, 7) is 4.04. The van der Waals surface area contributed by atoms with Crippen LogP contribution in [0.15, 0.2) is 59.5 Å². The van der Waals surface area contributed by atoms with Crippen molar-refractivity contribution in [2.45, 2.75) is 24.8 Å². The zero-order valence-corrected chi connectivity index (χ0v) is 13.1. The lowest BCUT2D eigenvalue weighted by Crippen LogP contribution is -2.38. The highest BCUT2D eigenvalue weighted by Crippen LogP contribution is 2.26. The van der Waals surface area contributed by atoms with Crippen LogP contribution in [0, 0.1) is 0 Å². The molecule has 4 heteroatoms. The average Bonchev–Trinajstić information content (AvgIpc) is 2.47. The fraction of sp³-hybridized carbons (Fsp3) is 0.235. The Morgan fingerprint density at radius 1 is 1.10 bits per heavy atom. The Labute approximate surface area is 130 Å². The molecule has 0 unspecified atom stereocenters. The summed E-state index contributed by atoms with van der Waals surface area (Å²) in [4.78, 5) is 15.3. The summed E-state index contributed by atoms with van der Waals surface area (Å²) in [6, 6.07) is 17.5. The Kier molecular flexibility index (Phi) is 5.28. The lowest BCUT2D eigenvalue weighted by molar-refractivity contribution is -0.116. The number of anilines is 2. The third-order valence-corrected chi connectivity index (χ3v) is 4.16. The lowest BCUT2D eigenvalue weighted by Gasteiger charge is -2.26. The first-order valence-electron chi connectivity index (χ1n) is 6.94. The second-order valence-electron chi connectivity index (χ2n) is 5.02. The molecule has 0 atom stereocenters. The number of para-hydroxylation sites is 2. The van der Waals surface area contributed by atoms with Crippen molar-refractivity contribution in [2.24, 2.45) is 0 Å². The van der Waals surface area contributed by atoms with Gasteiger partial charge in [0.25, 0.3) is 0 Å². The molecule has 1 amide bonds. The minimum atomic E-state index is 0.0875. The third-order valence-electron chi connectivity index (χ3n) is 3.09. The summed E-state index contributed by atoms with van der Waals surface area (Å²) in [7, 11) is 0. The Balaban J connectivity index is 2.08. The van der Waals surface area contributed by atoms with Gasteiger partial charge in [0.05, 0.1) is 5.75 Å². The van der Waals surface area contributed by atoms with Gasteiger partial charge in [0.15, 0.2) is 0 Å². The molecule has 2 aromatic carbocycles. The second-order valence-corrected chi connectivity index (χ2v) is 6.04. The molecule has 2 N–H and O–H groups in total. The van der Waals surface area contributed by atoms with E-state index in [0.29, 0.717) is 11.4 Å². The molecule has 0 fully saturated rings. The van der Waals surface area contributed by atoms with E-state index in [1.54, 1.807) is 0 Å². The molecule has 0 saturated heterocycles. The molecule has 0 spiro atoms. The van der Waals surface area contributed by atoms with Crippen molar-refractivity contribution >= 4 is 29.0 Å². The van der Waals surface area contributed by atoms with Gasteiger partial charge < -0.3 is 10.6 Å². The number of hydrogen-bond donors (Lipinski definition) is 1. The van der Waals surface area contributed by atoms with E-state index in [0.717, 1.165) is 10.6 Å². The van der Waals surface area contributed by atoms with E-state index in [4.69, 9.17) is 5.73 Å². The molecule has 3 nitrogen and oxygen atoms in total. The van der Waals surface area contributed by atoms with Gasteiger partial charge in [-0.3, -0.25) is 4.79 Å². The van der Waals surface area contributed by atoms with Crippen molar-refractivity contribution in [3.63, 3.8) is 0 Å². The number of nitrogens with two attached hydrogens (primary N) is 1. The van der Waals surface area contributed by atoms with Gasteiger partial charge in [0.2, 0.25) is 5.91 Å². The van der Waals surface area contributed by atoms with Crippen LogP contribution >= 0.6 is 11.8 Å². The molecule has 0 aliphatic heterocycles. The first-order chi connectivity index (χ1) is 10.1. The number of thioether (sulfide) groups is 1. The molecular weight excluding hydrogens is 280 g/mol. The predicted molar refractivity (Wildman–Crippen MR) is 90.6 cm³/mol. The van der Waals surface area contributed by atoms with Crippen LogP contribution < -0.4 is 10.6 Å². The summed E-state index contributed by atoms with van der Waals surface area (Å²) in [6.07, 6.45) is 0. The van der Waals surface area contributed by atoms with E-state index in [-0.39, 0.29) is 11.9 Å². The van der Waals surface area contributed by atoms with Gasteiger partial charge in [0.1, 0.15) is 0 Å². The third kappa shape index (κ3) is 4.02. The van der Waals surface area contributed by atoms with Gasteiger partial charge in [-0.15, -0.1) is 11.8 Å². The zero-order chi connectivity index (χ0) is 15.2. The van der Waals surface area contributed by atoms with Crippen LogP contribution in [-0.4, -0.2) is 17.7 Å². The van der Waals surface area contributed by atoms with E-state index >= 15 is 0 Å².